The van der Waals surface area contributed by atoms with E-state index in [9.17, 15) is 0 Å². The van der Waals surface area contributed by atoms with Crippen LogP contribution in [0, 0.1) is 6.92 Å². The molecule has 19 heavy (non-hydrogen) atoms. The van der Waals surface area contributed by atoms with Gasteiger partial charge in [0, 0.05) is 4.88 Å². The summed E-state index contributed by atoms with van der Waals surface area (Å²) in [6.45, 7) is 5.36. The lowest BCUT2D eigenvalue weighted by Crippen LogP contribution is -2.23. The van der Waals surface area contributed by atoms with Crippen LogP contribution in [0.2, 0.25) is 5.02 Å². The molecule has 1 atom stereocenters. The lowest BCUT2D eigenvalue weighted by molar-refractivity contribution is 0.573. The van der Waals surface area contributed by atoms with Crippen molar-refractivity contribution in [3.8, 4) is 0 Å². The maximum atomic E-state index is 6.49. The van der Waals surface area contributed by atoms with Gasteiger partial charge in [-0.3, -0.25) is 0 Å². The molecule has 1 N–H and O–H groups in total. The Morgan fingerprint density at radius 2 is 2.21 bits per heavy atom. The number of halogens is 1. The zero-order valence-electron chi connectivity index (χ0n) is 12.0. The third kappa shape index (κ3) is 3.84. The molecule has 1 unspecified atom stereocenters. The minimum atomic E-state index is 0.337. The Bertz CT molecular complexity index is 436. The molecule has 3 heteroatoms. The van der Waals surface area contributed by atoms with E-state index in [4.69, 9.17) is 11.6 Å². The molecule has 0 aromatic carbocycles. The zero-order chi connectivity index (χ0) is 13.7. The Labute approximate surface area is 126 Å². The molecule has 1 aromatic heterocycles. The van der Waals surface area contributed by atoms with E-state index >= 15 is 0 Å². The molecular weight excluding hydrogens is 274 g/mol. The van der Waals surface area contributed by atoms with Gasteiger partial charge in [0.15, 0.2) is 0 Å². The highest BCUT2D eigenvalue weighted by Gasteiger charge is 2.21. The number of thiophene rings is 1. The molecule has 0 aliphatic heterocycles. The summed E-state index contributed by atoms with van der Waals surface area (Å²) in [7, 11) is 0. The number of rotatable bonds is 5. The van der Waals surface area contributed by atoms with E-state index in [-0.39, 0.29) is 0 Å². The van der Waals surface area contributed by atoms with Crippen LogP contribution in [0.4, 0.5) is 0 Å². The van der Waals surface area contributed by atoms with Crippen molar-refractivity contribution >= 4 is 22.9 Å². The van der Waals surface area contributed by atoms with E-state index in [1.165, 1.54) is 42.5 Å². The third-order valence-electron chi connectivity index (χ3n) is 3.73. The lowest BCUT2D eigenvalue weighted by atomic mass is 10.00. The first-order valence-electron chi connectivity index (χ1n) is 7.39. The predicted octanol–water partition coefficient (Wildman–Crippen LogP) is 5.64. The van der Waals surface area contributed by atoms with Crippen molar-refractivity contribution in [2.75, 3.05) is 6.54 Å². The molecule has 2 rings (SSSR count). The molecule has 0 saturated carbocycles. The van der Waals surface area contributed by atoms with E-state index < -0.39 is 0 Å². The summed E-state index contributed by atoms with van der Waals surface area (Å²) in [5.41, 5.74) is 2.76. The third-order valence-corrected chi connectivity index (χ3v) is 5.51. The number of allylic oxidation sites excluding steroid dienone is 1. The standard InChI is InChI=1S/C16H24ClNS/c1-3-10-18-15(13-8-6-4-5-7-9-13)16-14(17)12(2)11-19-16/h8,11,15,18H,3-7,9-10H2,1-2H3. The Hall–Kier alpha value is -0.310. The Balaban J connectivity index is 2.24. The highest BCUT2D eigenvalue weighted by Crippen LogP contribution is 2.38. The van der Waals surface area contributed by atoms with Crippen molar-refractivity contribution < 1.29 is 0 Å². The Morgan fingerprint density at radius 1 is 1.37 bits per heavy atom. The van der Waals surface area contributed by atoms with Gasteiger partial charge in [0.2, 0.25) is 0 Å². The van der Waals surface area contributed by atoms with Crippen LogP contribution in [0.5, 0.6) is 0 Å². The summed E-state index contributed by atoms with van der Waals surface area (Å²) in [5, 5.41) is 6.83. The quantitative estimate of drug-likeness (QED) is 0.693. The average molecular weight is 298 g/mol. The van der Waals surface area contributed by atoms with Gasteiger partial charge in [0.25, 0.3) is 0 Å². The molecule has 1 aliphatic rings. The smallest absolute Gasteiger partial charge is 0.0645 e. The van der Waals surface area contributed by atoms with Crippen LogP contribution < -0.4 is 5.32 Å². The zero-order valence-corrected chi connectivity index (χ0v) is 13.5. The second kappa shape index (κ2) is 7.47. The van der Waals surface area contributed by atoms with Crippen LogP contribution in [0.25, 0.3) is 0 Å². The minimum absolute atomic E-state index is 0.337. The summed E-state index contributed by atoms with van der Waals surface area (Å²) in [6.07, 6.45) is 10.1. The molecule has 106 valence electrons. The van der Waals surface area contributed by atoms with Crippen LogP contribution in [0.15, 0.2) is 17.0 Å². The second-order valence-corrected chi connectivity index (χ2v) is 6.65. The molecule has 0 fully saturated rings. The van der Waals surface area contributed by atoms with E-state index in [0.29, 0.717) is 6.04 Å². The molecule has 1 heterocycles. The first kappa shape index (κ1) is 15.1. The molecule has 0 saturated heterocycles. The van der Waals surface area contributed by atoms with Gasteiger partial charge in [-0.05, 0) is 56.5 Å². The SMILES string of the molecule is CCCNC(C1=CCCCCC1)c1scc(C)c1Cl. The summed E-state index contributed by atoms with van der Waals surface area (Å²) in [4.78, 5) is 1.31. The largest absolute Gasteiger partial charge is 0.306 e. The number of aryl methyl sites for hydroxylation is 1. The van der Waals surface area contributed by atoms with Crippen molar-refractivity contribution in [2.45, 2.75) is 58.4 Å². The maximum absolute atomic E-state index is 6.49. The molecule has 0 radical (unpaired) electrons. The van der Waals surface area contributed by atoms with Gasteiger partial charge in [-0.25, -0.2) is 0 Å². The van der Waals surface area contributed by atoms with Crippen molar-refractivity contribution in [1.29, 1.82) is 0 Å². The number of hydrogen-bond acceptors (Lipinski definition) is 2. The Kier molecular flexibility index (Phi) is 5.93. The molecule has 0 spiro atoms. The van der Waals surface area contributed by atoms with Crippen LogP contribution in [-0.4, -0.2) is 6.54 Å². The fourth-order valence-electron chi connectivity index (χ4n) is 2.63. The predicted molar refractivity (Wildman–Crippen MR) is 86.3 cm³/mol. The van der Waals surface area contributed by atoms with Crippen LogP contribution in [0.3, 0.4) is 0 Å². The summed E-state index contributed by atoms with van der Waals surface area (Å²) in [5.74, 6) is 0. The fourth-order valence-corrected chi connectivity index (χ4v) is 4.05. The second-order valence-electron chi connectivity index (χ2n) is 5.36. The van der Waals surface area contributed by atoms with E-state index in [2.05, 4.69) is 30.6 Å². The van der Waals surface area contributed by atoms with Crippen molar-refractivity contribution in [3.63, 3.8) is 0 Å². The van der Waals surface area contributed by atoms with Gasteiger partial charge < -0.3 is 5.32 Å². The topological polar surface area (TPSA) is 12.0 Å². The molecule has 0 bridgehead atoms. The average Bonchev–Trinajstić information content (AvgIpc) is 2.63. The van der Waals surface area contributed by atoms with E-state index in [1.807, 2.05) is 0 Å². The minimum Gasteiger partial charge on any atom is -0.306 e. The summed E-state index contributed by atoms with van der Waals surface area (Å²) < 4.78 is 0. The summed E-state index contributed by atoms with van der Waals surface area (Å²) >= 11 is 8.29. The summed E-state index contributed by atoms with van der Waals surface area (Å²) in [6, 6.07) is 0.337. The fraction of sp³-hybridized carbons (Fsp3) is 0.625. The van der Waals surface area contributed by atoms with Crippen molar-refractivity contribution in [1.82, 2.24) is 5.32 Å². The van der Waals surface area contributed by atoms with Crippen LogP contribution in [-0.2, 0) is 0 Å². The molecule has 1 aromatic rings. The van der Waals surface area contributed by atoms with Gasteiger partial charge in [0.1, 0.15) is 0 Å². The van der Waals surface area contributed by atoms with Gasteiger partial charge in [-0.1, -0.05) is 36.6 Å². The van der Waals surface area contributed by atoms with Crippen LogP contribution in [0.1, 0.15) is 61.9 Å². The first-order valence-corrected chi connectivity index (χ1v) is 8.65. The van der Waals surface area contributed by atoms with E-state index in [0.717, 1.165) is 18.0 Å². The molecule has 0 amide bonds. The van der Waals surface area contributed by atoms with Gasteiger partial charge >= 0.3 is 0 Å². The highest BCUT2D eigenvalue weighted by molar-refractivity contribution is 7.10. The number of hydrogen-bond donors (Lipinski definition) is 1. The highest BCUT2D eigenvalue weighted by atomic mass is 35.5. The maximum Gasteiger partial charge on any atom is 0.0645 e. The molecular formula is C16H24ClNS. The molecule has 1 aliphatic carbocycles. The van der Waals surface area contributed by atoms with Crippen LogP contribution >= 0.6 is 22.9 Å². The van der Waals surface area contributed by atoms with E-state index in [1.54, 1.807) is 16.9 Å². The van der Waals surface area contributed by atoms with Crippen molar-refractivity contribution in [3.05, 3.63) is 32.5 Å². The van der Waals surface area contributed by atoms with Crippen molar-refractivity contribution in [2.24, 2.45) is 0 Å². The normalized spacial score (nSPS) is 17.9. The number of nitrogens with one attached hydrogen (secondary N) is 1. The van der Waals surface area contributed by atoms with Gasteiger partial charge in [-0.15, -0.1) is 11.3 Å². The lowest BCUT2D eigenvalue weighted by Gasteiger charge is -2.21. The van der Waals surface area contributed by atoms with Gasteiger partial charge in [0.05, 0.1) is 11.1 Å². The van der Waals surface area contributed by atoms with Gasteiger partial charge in [-0.2, -0.15) is 0 Å². The Morgan fingerprint density at radius 3 is 2.89 bits per heavy atom. The molecule has 1 nitrogen and oxygen atoms in total. The monoisotopic (exact) mass is 297 g/mol. The first-order chi connectivity index (χ1) is 9.24.